The van der Waals surface area contributed by atoms with Crippen molar-refractivity contribution in [3.63, 3.8) is 0 Å². The van der Waals surface area contributed by atoms with Crippen LogP contribution in [0.4, 0.5) is 5.69 Å². The van der Waals surface area contributed by atoms with Crippen LogP contribution in [0.3, 0.4) is 0 Å². The number of nitrogens with one attached hydrogen (secondary N) is 1. The van der Waals surface area contributed by atoms with E-state index in [0.29, 0.717) is 16.6 Å². The Labute approximate surface area is 112 Å². The highest BCUT2D eigenvalue weighted by Crippen LogP contribution is 2.30. The lowest BCUT2D eigenvalue weighted by atomic mass is 9.84. The summed E-state index contributed by atoms with van der Waals surface area (Å²) in [6.07, 6.45) is 2.58. The second-order valence-corrected chi connectivity index (χ2v) is 5.60. The molecule has 18 heavy (non-hydrogen) atoms. The third-order valence-corrected chi connectivity index (χ3v) is 4.42. The van der Waals surface area contributed by atoms with Gasteiger partial charge in [-0.15, -0.1) is 0 Å². The van der Waals surface area contributed by atoms with Crippen LogP contribution in [0, 0.1) is 17.2 Å². The number of nitriles is 1. The van der Waals surface area contributed by atoms with Crippen molar-refractivity contribution in [2.75, 3.05) is 25.0 Å². The van der Waals surface area contributed by atoms with Crippen molar-refractivity contribution in [1.82, 2.24) is 4.90 Å². The molecule has 3 heterocycles. The predicted molar refractivity (Wildman–Crippen MR) is 72.7 cm³/mol. The van der Waals surface area contributed by atoms with E-state index in [2.05, 4.69) is 16.3 Å². The van der Waals surface area contributed by atoms with Gasteiger partial charge in [-0.25, -0.2) is 0 Å². The zero-order valence-corrected chi connectivity index (χ0v) is 11.0. The quantitative estimate of drug-likeness (QED) is 0.890. The molecule has 0 aliphatic carbocycles. The Hall–Kier alpha value is -1.24. The summed E-state index contributed by atoms with van der Waals surface area (Å²) >= 11 is 5.94. The van der Waals surface area contributed by atoms with Crippen molar-refractivity contribution in [2.45, 2.75) is 18.9 Å². The Bertz CT molecular complexity index is 486. The Balaban J connectivity index is 1.75. The number of benzene rings is 1. The molecule has 94 valence electrons. The third kappa shape index (κ3) is 2.19. The van der Waals surface area contributed by atoms with Crippen molar-refractivity contribution < 1.29 is 0 Å². The van der Waals surface area contributed by atoms with E-state index in [1.807, 2.05) is 12.1 Å². The molecule has 1 unspecified atom stereocenters. The lowest BCUT2D eigenvalue weighted by molar-refractivity contribution is 0.0975. The Kier molecular flexibility index (Phi) is 3.15. The van der Waals surface area contributed by atoms with E-state index in [0.717, 1.165) is 18.2 Å². The van der Waals surface area contributed by atoms with Gasteiger partial charge in [-0.05, 0) is 50.0 Å². The van der Waals surface area contributed by atoms with E-state index in [9.17, 15) is 0 Å². The second kappa shape index (κ2) is 4.79. The van der Waals surface area contributed by atoms with E-state index in [-0.39, 0.29) is 0 Å². The Morgan fingerprint density at radius 3 is 2.72 bits per heavy atom. The van der Waals surface area contributed by atoms with Crippen LogP contribution in [0.25, 0.3) is 0 Å². The van der Waals surface area contributed by atoms with E-state index in [1.54, 1.807) is 6.07 Å². The number of piperidine rings is 3. The highest BCUT2D eigenvalue weighted by molar-refractivity contribution is 6.31. The number of anilines is 1. The molecule has 3 aliphatic rings. The van der Waals surface area contributed by atoms with E-state index < -0.39 is 0 Å². The summed E-state index contributed by atoms with van der Waals surface area (Å²) in [4.78, 5) is 2.51. The lowest BCUT2D eigenvalue weighted by Crippen LogP contribution is -2.53. The summed E-state index contributed by atoms with van der Waals surface area (Å²) in [5, 5.41) is 13.1. The highest BCUT2D eigenvalue weighted by atomic mass is 35.5. The largest absolute Gasteiger partial charge is 0.381 e. The molecule has 1 aromatic rings. The highest BCUT2D eigenvalue weighted by Gasteiger charge is 2.33. The van der Waals surface area contributed by atoms with Crippen LogP contribution in [-0.2, 0) is 0 Å². The molecule has 3 fully saturated rings. The number of halogens is 1. The topological polar surface area (TPSA) is 39.1 Å². The van der Waals surface area contributed by atoms with Crippen LogP contribution < -0.4 is 5.32 Å². The molecular formula is C14H16ClN3. The standard InChI is InChI=1S/C14H16ClN3/c15-13-2-1-12(7-11(13)8-16)17-14-9-18-5-3-10(14)4-6-18/h1-2,7,10,14,17H,3-6,9H2. The maximum Gasteiger partial charge on any atom is 0.101 e. The van der Waals surface area contributed by atoms with Gasteiger partial charge in [0.15, 0.2) is 0 Å². The maximum absolute atomic E-state index is 8.98. The predicted octanol–water partition coefficient (Wildman–Crippen LogP) is 2.72. The fourth-order valence-electron chi connectivity index (χ4n) is 3.04. The van der Waals surface area contributed by atoms with Crippen LogP contribution >= 0.6 is 11.6 Å². The molecule has 4 heteroatoms. The molecule has 4 rings (SSSR count). The van der Waals surface area contributed by atoms with Crippen molar-refractivity contribution in [3.8, 4) is 6.07 Å². The first-order valence-corrected chi connectivity index (χ1v) is 6.82. The number of fused-ring (bicyclic) bond motifs is 3. The van der Waals surface area contributed by atoms with Gasteiger partial charge in [-0.2, -0.15) is 5.26 Å². The SMILES string of the molecule is N#Cc1cc(NC2CN3CCC2CC3)ccc1Cl. The molecule has 1 N–H and O–H groups in total. The van der Waals surface area contributed by atoms with Crippen LogP contribution in [0.2, 0.25) is 5.02 Å². The van der Waals surface area contributed by atoms with Crippen molar-refractivity contribution in [2.24, 2.45) is 5.92 Å². The molecule has 3 nitrogen and oxygen atoms in total. The van der Waals surface area contributed by atoms with Crippen LogP contribution in [0.15, 0.2) is 18.2 Å². The number of rotatable bonds is 2. The number of hydrogen-bond donors (Lipinski definition) is 1. The van der Waals surface area contributed by atoms with Gasteiger partial charge in [0.25, 0.3) is 0 Å². The van der Waals surface area contributed by atoms with Gasteiger partial charge >= 0.3 is 0 Å². The molecule has 0 radical (unpaired) electrons. The average molecular weight is 262 g/mol. The zero-order chi connectivity index (χ0) is 12.5. The van der Waals surface area contributed by atoms with Gasteiger partial charge in [-0.3, -0.25) is 0 Å². The molecule has 2 bridgehead atoms. The molecular weight excluding hydrogens is 246 g/mol. The minimum Gasteiger partial charge on any atom is -0.381 e. The third-order valence-electron chi connectivity index (χ3n) is 4.10. The average Bonchev–Trinajstić information content (AvgIpc) is 2.42. The maximum atomic E-state index is 8.98. The second-order valence-electron chi connectivity index (χ2n) is 5.20. The van der Waals surface area contributed by atoms with Gasteiger partial charge in [0.1, 0.15) is 6.07 Å². The minimum atomic E-state index is 0.514. The van der Waals surface area contributed by atoms with Crippen molar-refractivity contribution >= 4 is 17.3 Å². The summed E-state index contributed by atoms with van der Waals surface area (Å²) in [6, 6.07) is 8.24. The summed E-state index contributed by atoms with van der Waals surface area (Å²) in [6.45, 7) is 3.61. The zero-order valence-electron chi connectivity index (χ0n) is 10.2. The molecule has 0 amide bonds. The summed E-state index contributed by atoms with van der Waals surface area (Å²) in [7, 11) is 0. The molecule has 0 saturated carbocycles. The normalized spacial score (nSPS) is 29.9. The van der Waals surface area contributed by atoms with E-state index in [1.165, 1.54) is 25.9 Å². The van der Waals surface area contributed by atoms with Crippen LogP contribution in [0.5, 0.6) is 0 Å². The molecule has 3 saturated heterocycles. The summed E-state index contributed by atoms with van der Waals surface area (Å²) in [5.41, 5.74) is 1.55. The number of hydrogen-bond acceptors (Lipinski definition) is 3. The van der Waals surface area contributed by atoms with E-state index in [4.69, 9.17) is 16.9 Å². The van der Waals surface area contributed by atoms with Gasteiger partial charge in [0, 0.05) is 18.3 Å². The first-order chi connectivity index (χ1) is 8.76. The summed E-state index contributed by atoms with van der Waals surface area (Å²) in [5.74, 6) is 0.774. The van der Waals surface area contributed by atoms with Crippen molar-refractivity contribution in [1.29, 1.82) is 5.26 Å². The van der Waals surface area contributed by atoms with E-state index >= 15 is 0 Å². The fourth-order valence-corrected chi connectivity index (χ4v) is 3.20. The summed E-state index contributed by atoms with van der Waals surface area (Å²) < 4.78 is 0. The molecule has 0 aromatic heterocycles. The molecule has 1 aromatic carbocycles. The molecule has 0 spiro atoms. The van der Waals surface area contributed by atoms with Crippen LogP contribution in [-0.4, -0.2) is 30.6 Å². The van der Waals surface area contributed by atoms with Crippen LogP contribution in [0.1, 0.15) is 18.4 Å². The molecule has 1 atom stereocenters. The lowest BCUT2D eigenvalue weighted by Gasteiger charge is -2.45. The Morgan fingerprint density at radius 1 is 1.33 bits per heavy atom. The first-order valence-electron chi connectivity index (χ1n) is 6.45. The first kappa shape index (κ1) is 11.8. The van der Waals surface area contributed by atoms with Gasteiger partial charge in [0.2, 0.25) is 0 Å². The van der Waals surface area contributed by atoms with Crippen molar-refractivity contribution in [3.05, 3.63) is 28.8 Å². The Morgan fingerprint density at radius 2 is 2.11 bits per heavy atom. The van der Waals surface area contributed by atoms with Gasteiger partial charge < -0.3 is 10.2 Å². The molecule has 3 aliphatic heterocycles. The van der Waals surface area contributed by atoms with Gasteiger partial charge in [-0.1, -0.05) is 11.6 Å². The van der Waals surface area contributed by atoms with Gasteiger partial charge in [0.05, 0.1) is 10.6 Å². The monoisotopic (exact) mass is 261 g/mol. The minimum absolute atomic E-state index is 0.514. The number of nitrogens with zero attached hydrogens (tertiary/aromatic N) is 2. The fraction of sp³-hybridized carbons (Fsp3) is 0.500. The smallest absolute Gasteiger partial charge is 0.101 e.